The zero-order valence-corrected chi connectivity index (χ0v) is 29.2. The number of carbonyl (C=O) groups is 2. The van der Waals surface area contributed by atoms with Crippen LogP contribution in [0, 0.1) is 18.8 Å². The molecule has 0 radical (unpaired) electrons. The molecular weight excluding hydrogens is 600 g/mol. The monoisotopic (exact) mass is 652 g/mol. The van der Waals surface area contributed by atoms with Crippen LogP contribution in [0.5, 0.6) is 5.75 Å². The van der Waals surface area contributed by atoms with Gasteiger partial charge in [0.15, 0.2) is 5.78 Å². The first-order valence-corrected chi connectivity index (χ1v) is 18.2. The van der Waals surface area contributed by atoms with Gasteiger partial charge in [0.05, 0.1) is 18.8 Å². The Morgan fingerprint density at radius 2 is 1.73 bits per heavy atom. The third kappa shape index (κ3) is 7.06. The summed E-state index contributed by atoms with van der Waals surface area (Å²) in [5.74, 6) is 1.73. The molecule has 2 bridgehead atoms. The Labute approximate surface area is 285 Å². The second-order valence-electron chi connectivity index (χ2n) is 14.8. The van der Waals surface area contributed by atoms with Crippen LogP contribution in [0.2, 0.25) is 0 Å². The summed E-state index contributed by atoms with van der Waals surface area (Å²) in [6.45, 7) is 8.81. The Bertz CT molecular complexity index is 1620. The molecule has 48 heavy (non-hydrogen) atoms. The predicted molar refractivity (Wildman–Crippen MR) is 190 cm³/mol. The van der Waals surface area contributed by atoms with Crippen molar-refractivity contribution in [2.45, 2.75) is 83.3 Å². The van der Waals surface area contributed by atoms with Crippen LogP contribution in [0.4, 0.5) is 5.69 Å². The number of nitrogens with zero attached hydrogens (tertiary/aromatic N) is 3. The summed E-state index contributed by atoms with van der Waals surface area (Å²) in [7, 11) is 3.60. The number of rotatable bonds is 10. The van der Waals surface area contributed by atoms with Crippen molar-refractivity contribution < 1.29 is 19.1 Å². The van der Waals surface area contributed by atoms with Crippen LogP contribution in [-0.4, -0.2) is 73.2 Å². The summed E-state index contributed by atoms with van der Waals surface area (Å²) in [4.78, 5) is 32.7. The van der Waals surface area contributed by atoms with Crippen molar-refractivity contribution in [3.63, 3.8) is 0 Å². The van der Waals surface area contributed by atoms with E-state index < -0.39 is 0 Å². The van der Waals surface area contributed by atoms with Crippen molar-refractivity contribution in [2.75, 3.05) is 44.9 Å². The van der Waals surface area contributed by atoms with Gasteiger partial charge >= 0.3 is 0 Å². The number of ketones is 1. The van der Waals surface area contributed by atoms with Crippen molar-refractivity contribution >= 4 is 17.4 Å². The second kappa shape index (κ2) is 14.1. The van der Waals surface area contributed by atoms with Crippen LogP contribution >= 0.6 is 0 Å². The van der Waals surface area contributed by atoms with Gasteiger partial charge in [-0.3, -0.25) is 14.5 Å². The number of ether oxygens (including phenoxy) is 2. The first-order valence-electron chi connectivity index (χ1n) is 18.2. The topological polar surface area (TPSA) is 76.0 Å². The van der Waals surface area contributed by atoms with Crippen LogP contribution in [0.3, 0.4) is 0 Å². The fraction of sp³-hybridized carbons (Fsp3) is 0.550. The minimum Gasteiger partial charge on any atom is -0.497 e. The fourth-order valence-corrected chi connectivity index (χ4v) is 8.17. The average molecular weight is 653 g/mol. The molecule has 4 fully saturated rings. The Hall–Kier alpha value is -3.62. The lowest BCUT2D eigenvalue weighted by atomic mass is 9.91. The van der Waals surface area contributed by atoms with Gasteiger partial charge in [-0.1, -0.05) is 12.5 Å². The van der Waals surface area contributed by atoms with E-state index in [0.29, 0.717) is 30.1 Å². The number of hydrogen-bond donors (Lipinski definition) is 1. The van der Waals surface area contributed by atoms with Crippen LogP contribution in [0.1, 0.15) is 96.3 Å². The van der Waals surface area contributed by atoms with Gasteiger partial charge in [-0.2, -0.15) is 0 Å². The van der Waals surface area contributed by atoms with Crippen molar-refractivity contribution in [3.05, 3.63) is 71.0 Å². The van der Waals surface area contributed by atoms with E-state index in [2.05, 4.69) is 39.4 Å². The number of anilines is 1. The molecule has 3 aliphatic heterocycles. The Kier molecular flexibility index (Phi) is 9.65. The van der Waals surface area contributed by atoms with Gasteiger partial charge in [-0.25, -0.2) is 0 Å². The number of benzene rings is 2. The molecule has 4 atom stereocenters. The fourth-order valence-electron chi connectivity index (χ4n) is 8.17. The summed E-state index contributed by atoms with van der Waals surface area (Å²) in [5.41, 5.74) is 6.42. The molecule has 8 heteroatoms. The van der Waals surface area contributed by atoms with Gasteiger partial charge in [-0.15, -0.1) is 0 Å². The van der Waals surface area contributed by atoms with Crippen molar-refractivity contribution in [1.29, 1.82) is 0 Å². The minimum absolute atomic E-state index is 0.0168. The maximum atomic E-state index is 13.8. The minimum atomic E-state index is -0.254. The summed E-state index contributed by atoms with van der Waals surface area (Å²) in [5, 5.41) is 3.28. The number of hydrogen-bond acceptors (Lipinski definition) is 6. The number of methoxy groups -OCH3 is 1. The highest BCUT2D eigenvalue weighted by Crippen LogP contribution is 2.38. The molecule has 0 spiro atoms. The molecule has 1 unspecified atom stereocenters. The Morgan fingerprint density at radius 1 is 0.938 bits per heavy atom. The van der Waals surface area contributed by atoms with E-state index in [1.165, 1.54) is 32.2 Å². The number of Topliss-reactive ketones (excluding diaryl/α,β-unsaturated/α-hetero) is 1. The van der Waals surface area contributed by atoms with E-state index in [4.69, 9.17) is 9.47 Å². The SMILES string of the molecule is COc1cc(-c2cc(C(=O)C3CCCCOCC3)n(C)c2)cc([C@@H](C)NC(=O)c2cc(N3C[C@H]4CC[C@@H](C3)N4CC3CC3)ccc2C)c1. The molecule has 7 rings (SSSR count). The number of carbonyl (C=O) groups excluding carboxylic acids is 2. The highest BCUT2D eigenvalue weighted by Gasteiger charge is 2.42. The lowest BCUT2D eigenvalue weighted by molar-refractivity contribution is 0.0746. The molecule has 1 aromatic heterocycles. The lowest BCUT2D eigenvalue weighted by Gasteiger charge is -2.42. The molecule has 1 aliphatic carbocycles. The van der Waals surface area contributed by atoms with E-state index in [0.717, 1.165) is 84.8 Å². The lowest BCUT2D eigenvalue weighted by Crippen LogP contribution is -2.54. The van der Waals surface area contributed by atoms with Gasteiger partial charge in [0.1, 0.15) is 5.75 Å². The number of aromatic nitrogens is 1. The smallest absolute Gasteiger partial charge is 0.252 e. The summed E-state index contributed by atoms with van der Waals surface area (Å²) in [6.07, 6.45) is 11.1. The van der Waals surface area contributed by atoms with Gasteiger partial charge in [0.25, 0.3) is 5.91 Å². The van der Waals surface area contributed by atoms with Gasteiger partial charge < -0.3 is 24.3 Å². The van der Waals surface area contributed by atoms with E-state index in [-0.39, 0.29) is 23.7 Å². The maximum Gasteiger partial charge on any atom is 0.252 e. The van der Waals surface area contributed by atoms with Crippen LogP contribution in [0.15, 0.2) is 48.7 Å². The van der Waals surface area contributed by atoms with Gasteiger partial charge in [-0.05, 0) is 118 Å². The number of nitrogens with one attached hydrogen (secondary N) is 1. The second-order valence-corrected chi connectivity index (χ2v) is 14.8. The Morgan fingerprint density at radius 3 is 2.48 bits per heavy atom. The molecule has 256 valence electrons. The van der Waals surface area contributed by atoms with Crippen LogP contribution < -0.4 is 15.0 Å². The number of fused-ring (bicyclic) bond motifs is 2. The first kappa shape index (κ1) is 32.9. The van der Waals surface area contributed by atoms with Crippen molar-refractivity contribution in [1.82, 2.24) is 14.8 Å². The third-order valence-electron chi connectivity index (χ3n) is 11.3. The first-order chi connectivity index (χ1) is 23.3. The highest BCUT2D eigenvalue weighted by molar-refractivity contribution is 5.98. The van der Waals surface area contributed by atoms with Crippen LogP contribution in [0.25, 0.3) is 11.1 Å². The van der Waals surface area contributed by atoms with Crippen molar-refractivity contribution in [2.24, 2.45) is 18.9 Å². The van der Waals surface area contributed by atoms with E-state index in [1.807, 2.05) is 49.9 Å². The standard InChI is InChI=1S/C40H52N4O4/c1-26-8-11-33(43-24-34-12-13-35(25-43)44(34)22-28-9-10-28)21-37(26)40(46)41-27(2)30-17-31(19-36(18-30)47-4)32-20-38(42(3)23-32)39(45)29-7-5-6-15-48-16-14-29/h8,11,17-21,23,27-29,34-35H,5-7,9-10,12-16,22,24-25H2,1-4H3,(H,41,46)/t27-,29?,34-,35+/m1/s1. The summed E-state index contributed by atoms with van der Waals surface area (Å²) >= 11 is 0. The van der Waals surface area contributed by atoms with Crippen molar-refractivity contribution in [3.8, 4) is 16.9 Å². The number of piperazine rings is 1. The quantitative estimate of drug-likeness (QED) is 0.239. The largest absolute Gasteiger partial charge is 0.497 e. The van der Waals surface area contributed by atoms with Gasteiger partial charge in [0, 0.05) is 80.9 Å². The normalized spacial score (nSPS) is 23.8. The molecular formula is C40H52N4O4. The molecule has 3 aromatic rings. The summed E-state index contributed by atoms with van der Waals surface area (Å²) in [6, 6.07) is 15.4. The molecule has 4 heterocycles. The van der Waals surface area contributed by atoms with E-state index in [1.54, 1.807) is 7.11 Å². The number of amides is 1. The number of aryl methyl sites for hydroxylation is 2. The maximum absolute atomic E-state index is 13.8. The van der Waals surface area contributed by atoms with Gasteiger partial charge in [0.2, 0.25) is 0 Å². The average Bonchev–Trinajstić information content (AvgIpc) is 3.76. The molecule has 3 saturated heterocycles. The molecule has 1 amide bonds. The zero-order valence-electron chi connectivity index (χ0n) is 29.2. The molecule has 1 N–H and O–H groups in total. The Balaban J connectivity index is 1.06. The molecule has 2 aromatic carbocycles. The molecule has 4 aliphatic rings. The zero-order chi connectivity index (χ0) is 33.4. The molecule has 1 saturated carbocycles. The molecule has 8 nitrogen and oxygen atoms in total. The van der Waals surface area contributed by atoms with E-state index in [9.17, 15) is 9.59 Å². The predicted octanol–water partition coefficient (Wildman–Crippen LogP) is 6.95. The highest BCUT2D eigenvalue weighted by atomic mass is 16.5. The van der Waals surface area contributed by atoms with Crippen LogP contribution in [-0.2, 0) is 11.8 Å². The third-order valence-corrected chi connectivity index (χ3v) is 11.3. The summed E-state index contributed by atoms with van der Waals surface area (Å²) < 4.78 is 13.3. The van der Waals surface area contributed by atoms with E-state index >= 15 is 0 Å².